The Hall–Kier alpha value is -1.37. The van der Waals surface area contributed by atoms with Crippen LogP contribution in [-0.2, 0) is 6.54 Å². The van der Waals surface area contributed by atoms with Crippen molar-refractivity contribution in [1.29, 1.82) is 5.26 Å². The number of aliphatic hydroxyl groups excluding tert-OH is 1. The maximum Gasteiger partial charge on any atom is 0.0991 e. The summed E-state index contributed by atoms with van der Waals surface area (Å²) in [7, 11) is 0. The maximum atomic E-state index is 8.93. The summed E-state index contributed by atoms with van der Waals surface area (Å²) in [5, 5.41) is 21.2. The van der Waals surface area contributed by atoms with E-state index < -0.39 is 0 Å². The van der Waals surface area contributed by atoms with Crippen molar-refractivity contribution in [1.82, 2.24) is 5.32 Å². The molecule has 0 aliphatic rings. The number of aliphatic hydroxyl groups is 1. The van der Waals surface area contributed by atoms with Gasteiger partial charge in [-0.25, -0.2) is 0 Å². The van der Waals surface area contributed by atoms with E-state index in [4.69, 9.17) is 10.4 Å². The Balaban J connectivity index is 2.46. The van der Waals surface area contributed by atoms with Gasteiger partial charge in [-0.2, -0.15) is 5.26 Å². The molecular formula is C15H22N2O. The van der Waals surface area contributed by atoms with Crippen molar-refractivity contribution in [2.75, 3.05) is 13.2 Å². The Bertz CT molecular complexity index is 409. The van der Waals surface area contributed by atoms with Crippen LogP contribution in [0, 0.1) is 24.2 Å². The highest BCUT2D eigenvalue weighted by molar-refractivity contribution is 5.37. The fraction of sp³-hybridized carbons (Fsp3) is 0.533. The second-order valence-corrected chi connectivity index (χ2v) is 4.67. The lowest BCUT2D eigenvalue weighted by Crippen LogP contribution is -2.23. The van der Waals surface area contributed by atoms with Crippen molar-refractivity contribution in [2.24, 2.45) is 5.92 Å². The predicted octanol–water partition coefficient (Wildman–Crippen LogP) is 2.36. The van der Waals surface area contributed by atoms with Gasteiger partial charge < -0.3 is 10.4 Å². The molecule has 0 aliphatic heterocycles. The van der Waals surface area contributed by atoms with E-state index in [-0.39, 0.29) is 6.61 Å². The minimum absolute atomic E-state index is 0.260. The number of aryl methyl sites for hydroxylation is 1. The Kier molecular flexibility index (Phi) is 6.42. The van der Waals surface area contributed by atoms with Gasteiger partial charge in [0.15, 0.2) is 0 Å². The molecule has 0 saturated carbocycles. The second kappa shape index (κ2) is 7.86. The average molecular weight is 246 g/mol. The fourth-order valence-electron chi connectivity index (χ4n) is 2.01. The van der Waals surface area contributed by atoms with Crippen molar-refractivity contribution < 1.29 is 5.11 Å². The third-order valence-corrected chi connectivity index (χ3v) is 3.33. The van der Waals surface area contributed by atoms with Crippen molar-refractivity contribution in [3.63, 3.8) is 0 Å². The SMILES string of the molecule is CCC(CCO)CNCc1ccc(C#N)cc1C. The number of nitriles is 1. The van der Waals surface area contributed by atoms with Crippen LogP contribution < -0.4 is 5.32 Å². The molecule has 1 aromatic rings. The fourth-order valence-corrected chi connectivity index (χ4v) is 2.01. The third-order valence-electron chi connectivity index (χ3n) is 3.33. The molecule has 98 valence electrons. The first kappa shape index (κ1) is 14.7. The highest BCUT2D eigenvalue weighted by Crippen LogP contribution is 2.11. The quantitative estimate of drug-likeness (QED) is 0.776. The van der Waals surface area contributed by atoms with Crippen LogP contribution in [0.4, 0.5) is 0 Å². The molecule has 0 aliphatic carbocycles. The monoisotopic (exact) mass is 246 g/mol. The second-order valence-electron chi connectivity index (χ2n) is 4.67. The first-order valence-corrected chi connectivity index (χ1v) is 6.52. The van der Waals surface area contributed by atoms with Crippen LogP contribution in [0.5, 0.6) is 0 Å². The van der Waals surface area contributed by atoms with Gasteiger partial charge in [-0.3, -0.25) is 0 Å². The van der Waals surface area contributed by atoms with Crippen LogP contribution in [0.2, 0.25) is 0 Å². The van der Waals surface area contributed by atoms with Gasteiger partial charge >= 0.3 is 0 Å². The van der Waals surface area contributed by atoms with E-state index in [1.54, 1.807) is 0 Å². The maximum absolute atomic E-state index is 8.93. The molecule has 0 saturated heterocycles. The predicted molar refractivity (Wildman–Crippen MR) is 73.1 cm³/mol. The molecule has 1 rings (SSSR count). The number of nitrogens with one attached hydrogen (secondary N) is 1. The van der Waals surface area contributed by atoms with Gasteiger partial charge in [0.05, 0.1) is 11.6 Å². The molecule has 3 heteroatoms. The van der Waals surface area contributed by atoms with Gasteiger partial charge in [0, 0.05) is 13.2 Å². The molecule has 0 aromatic heterocycles. The van der Waals surface area contributed by atoms with Crippen LogP contribution >= 0.6 is 0 Å². The summed E-state index contributed by atoms with van der Waals surface area (Å²) in [6.45, 7) is 6.18. The topological polar surface area (TPSA) is 56.0 Å². The Morgan fingerprint density at radius 2 is 2.22 bits per heavy atom. The molecule has 0 bridgehead atoms. The summed E-state index contributed by atoms with van der Waals surface area (Å²) in [5.74, 6) is 0.536. The lowest BCUT2D eigenvalue weighted by molar-refractivity contribution is 0.251. The minimum Gasteiger partial charge on any atom is -0.396 e. The summed E-state index contributed by atoms with van der Waals surface area (Å²) in [5.41, 5.74) is 3.09. The van der Waals surface area contributed by atoms with Gasteiger partial charge in [-0.05, 0) is 49.1 Å². The Morgan fingerprint density at radius 1 is 1.44 bits per heavy atom. The van der Waals surface area contributed by atoms with Gasteiger partial charge in [-0.1, -0.05) is 19.4 Å². The Labute approximate surface area is 109 Å². The summed E-state index contributed by atoms with van der Waals surface area (Å²) >= 11 is 0. The van der Waals surface area contributed by atoms with Gasteiger partial charge in [0.25, 0.3) is 0 Å². The lowest BCUT2D eigenvalue weighted by atomic mass is 10.0. The van der Waals surface area contributed by atoms with E-state index in [1.807, 2.05) is 25.1 Å². The molecule has 3 nitrogen and oxygen atoms in total. The molecule has 1 atom stereocenters. The molecule has 18 heavy (non-hydrogen) atoms. The van der Waals surface area contributed by atoms with Crippen molar-refractivity contribution in [2.45, 2.75) is 33.2 Å². The summed E-state index contributed by atoms with van der Waals surface area (Å²) in [6, 6.07) is 7.93. The number of hydrogen-bond acceptors (Lipinski definition) is 3. The number of hydrogen-bond donors (Lipinski definition) is 2. The summed E-state index contributed by atoms with van der Waals surface area (Å²) < 4.78 is 0. The highest BCUT2D eigenvalue weighted by Gasteiger charge is 2.05. The van der Waals surface area contributed by atoms with E-state index in [0.29, 0.717) is 11.5 Å². The standard InChI is InChI=1S/C15H22N2O/c1-3-13(6-7-18)10-17-11-15-5-4-14(9-16)8-12(15)2/h4-5,8,13,17-18H,3,6-7,10-11H2,1-2H3. The van der Waals surface area contributed by atoms with Crippen molar-refractivity contribution in [3.8, 4) is 6.07 Å². The van der Waals surface area contributed by atoms with Crippen molar-refractivity contribution >= 4 is 0 Å². The highest BCUT2D eigenvalue weighted by atomic mass is 16.3. The molecule has 1 aromatic carbocycles. The van der Waals surface area contributed by atoms with E-state index in [9.17, 15) is 0 Å². The van der Waals surface area contributed by atoms with Gasteiger partial charge in [0.1, 0.15) is 0 Å². The molecule has 2 N–H and O–H groups in total. The van der Waals surface area contributed by atoms with Gasteiger partial charge in [0.2, 0.25) is 0 Å². The molecule has 0 spiro atoms. The van der Waals surface area contributed by atoms with Gasteiger partial charge in [-0.15, -0.1) is 0 Å². The molecule has 0 heterocycles. The molecule has 1 unspecified atom stereocenters. The number of nitrogens with zero attached hydrogens (tertiary/aromatic N) is 1. The number of benzene rings is 1. The van der Waals surface area contributed by atoms with Crippen LogP contribution in [0.3, 0.4) is 0 Å². The van der Waals surface area contributed by atoms with Crippen LogP contribution in [0.1, 0.15) is 36.5 Å². The zero-order chi connectivity index (χ0) is 13.4. The smallest absolute Gasteiger partial charge is 0.0991 e. The molecule has 0 amide bonds. The largest absolute Gasteiger partial charge is 0.396 e. The van der Waals surface area contributed by atoms with E-state index in [1.165, 1.54) is 5.56 Å². The van der Waals surface area contributed by atoms with E-state index >= 15 is 0 Å². The molecule has 0 fully saturated rings. The average Bonchev–Trinajstić information content (AvgIpc) is 2.39. The third kappa shape index (κ3) is 4.48. The van der Waals surface area contributed by atoms with Crippen LogP contribution in [-0.4, -0.2) is 18.3 Å². The normalized spacial score (nSPS) is 12.1. The van der Waals surface area contributed by atoms with Crippen LogP contribution in [0.15, 0.2) is 18.2 Å². The summed E-state index contributed by atoms with van der Waals surface area (Å²) in [6.07, 6.45) is 1.94. The van der Waals surface area contributed by atoms with Crippen LogP contribution in [0.25, 0.3) is 0 Å². The first-order valence-electron chi connectivity index (χ1n) is 6.52. The lowest BCUT2D eigenvalue weighted by Gasteiger charge is -2.15. The molecule has 0 radical (unpaired) electrons. The van der Waals surface area contributed by atoms with Crippen molar-refractivity contribution in [3.05, 3.63) is 34.9 Å². The minimum atomic E-state index is 0.260. The van der Waals surface area contributed by atoms with E-state index in [0.717, 1.165) is 31.5 Å². The summed E-state index contributed by atoms with van der Waals surface area (Å²) in [4.78, 5) is 0. The first-order chi connectivity index (χ1) is 8.71. The zero-order valence-corrected chi connectivity index (χ0v) is 11.2. The van der Waals surface area contributed by atoms with E-state index in [2.05, 4.69) is 18.3 Å². The molecular weight excluding hydrogens is 224 g/mol. The Morgan fingerprint density at radius 3 is 2.78 bits per heavy atom. The zero-order valence-electron chi connectivity index (χ0n) is 11.2. The number of rotatable bonds is 7.